The van der Waals surface area contributed by atoms with Crippen molar-refractivity contribution >= 4 is 32.6 Å². The van der Waals surface area contributed by atoms with Gasteiger partial charge in [0.15, 0.2) is 0 Å². The molecule has 30 heavy (non-hydrogen) atoms. The Balaban J connectivity index is 1.34. The molecule has 6 nitrogen and oxygen atoms in total. The Morgan fingerprint density at radius 2 is 1.70 bits per heavy atom. The number of sulfonamides is 1. The summed E-state index contributed by atoms with van der Waals surface area (Å²) < 4.78 is 29.5. The van der Waals surface area contributed by atoms with E-state index >= 15 is 0 Å². The number of nitrogens with zero attached hydrogens (tertiary/aromatic N) is 1. The number of carbonyl (C=O) groups is 1. The molecule has 0 saturated carbocycles. The van der Waals surface area contributed by atoms with E-state index in [1.165, 1.54) is 22.3 Å². The van der Waals surface area contributed by atoms with Crippen LogP contribution in [0.25, 0.3) is 10.9 Å². The van der Waals surface area contributed by atoms with Crippen LogP contribution in [0.4, 0.5) is 10.5 Å². The Labute approximate surface area is 176 Å². The third-order valence-corrected chi connectivity index (χ3v) is 7.48. The monoisotopic (exact) mass is 423 g/mol. The van der Waals surface area contributed by atoms with Crippen molar-refractivity contribution in [1.29, 1.82) is 0 Å². The van der Waals surface area contributed by atoms with Crippen molar-refractivity contribution in [2.75, 3.05) is 5.32 Å². The van der Waals surface area contributed by atoms with Crippen molar-refractivity contribution < 1.29 is 13.2 Å². The molecule has 1 aromatic heterocycles. The van der Waals surface area contributed by atoms with Gasteiger partial charge in [-0.05, 0) is 83.9 Å². The largest absolute Gasteiger partial charge is 0.351 e. The van der Waals surface area contributed by atoms with E-state index < -0.39 is 16.1 Å². The fourth-order valence-electron chi connectivity index (χ4n) is 4.90. The van der Waals surface area contributed by atoms with Crippen molar-refractivity contribution in [3.05, 3.63) is 64.3 Å². The minimum Gasteiger partial charge on any atom is -0.351 e. The molecule has 0 radical (unpaired) electrons. The van der Waals surface area contributed by atoms with Gasteiger partial charge < -0.3 is 9.88 Å². The van der Waals surface area contributed by atoms with Crippen molar-refractivity contribution in [1.82, 2.24) is 9.29 Å². The molecule has 1 heterocycles. The number of carbonyl (C=O) groups excluding carboxylic acids is 1. The molecule has 156 valence electrons. The highest BCUT2D eigenvalue weighted by Gasteiger charge is 2.26. The molecule has 0 spiro atoms. The van der Waals surface area contributed by atoms with E-state index in [0.29, 0.717) is 5.56 Å². The Morgan fingerprint density at radius 1 is 1.00 bits per heavy atom. The first-order valence-electron chi connectivity index (χ1n) is 10.4. The quantitative estimate of drug-likeness (QED) is 0.670. The van der Waals surface area contributed by atoms with E-state index in [2.05, 4.69) is 16.1 Å². The minimum absolute atomic E-state index is 0.244. The minimum atomic E-state index is -3.82. The van der Waals surface area contributed by atoms with Crippen LogP contribution in [0.15, 0.2) is 36.5 Å². The summed E-state index contributed by atoms with van der Waals surface area (Å²) in [6.45, 7) is 0. The molecule has 7 heteroatoms. The predicted octanol–water partition coefficient (Wildman–Crippen LogP) is 3.81. The molecule has 2 aromatic carbocycles. The van der Waals surface area contributed by atoms with E-state index in [4.69, 9.17) is 0 Å². The maximum atomic E-state index is 12.6. The lowest BCUT2D eigenvalue weighted by Crippen LogP contribution is -2.35. The topological polar surface area (TPSA) is 80.2 Å². The van der Waals surface area contributed by atoms with Gasteiger partial charge in [0.25, 0.3) is 0 Å². The van der Waals surface area contributed by atoms with Crippen LogP contribution < -0.4 is 10.0 Å². The number of nitrogens with one attached hydrogen (secondary N) is 2. The first kappa shape index (κ1) is 19.2. The van der Waals surface area contributed by atoms with Crippen molar-refractivity contribution in [2.45, 2.75) is 44.3 Å². The van der Waals surface area contributed by atoms with Gasteiger partial charge in [0.1, 0.15) is 0 Å². The maximum Gasteiger partial charge on any atom is 0.332 e. The van der Waals surface area contributed by atoms with Crippen molar-refractivity contribution in [2.24, 2.45) is 7.05 Å². The lowest BCUT2D eigenvalue weighted by Gasteiger charge is -2.16. The SMILES string of the molecule is Cn1ccc2ccc(CS(=O)(=O)NC(=O)Nc3c4c(cc5c3CCC5)CCC4)cc21. The maximum absolute atomic E-state index is 12.6. The van der Waals surface area contributed by atoms with Gasteiger partial charge in [0.05, 0.1) is 5.75 Å². The van der Waals surface area contributed by atoms with E-state index in [9.17, 15) is 13.2 Å². The molecule has 0 unspecified atom stereocenters. The second kappa shape index (κ2) is 7.16. The number of urea groups is 1. The summed E-state index contributed by atoms with van der Waals surface area (Å²) >= 11 is 0. The van der Waals surface area contributed by atoms with Gasteiger partial charge in [0, 0.05) is 24.4 Å². The number of amides is 2. The number of benzene rings is 2. The fourth-order valence-corrected chi connectivity index (χ4v) is 5.92. The van der Waals surface area contributed by atoms with Gasteiger partial charge in [-0.15, -0.1) is 0 Å². The summed E-state index contributed by atoms with van der Waals surface area (Å²) in [5.41, 5.74) is 7.40. The number of aryl methyl sites for hydroxylation is 3. The van der Waals surface area contributed by atoms with Crippen LogP contribution in [-0.2, 0) is 48.5 Å². The number of rotatable bonds is 4. The normalized spacial score (nSPS) is 15.2. The van der Waals surface area contributed by atoms with Gasteiger partial charge in [0.2, 0.25) is 10.0 Å². The Hall–Kier alpha value is -2.80. The van der Waals surface area contributed by atoms with E-state index in [-0.39, 0.29) is 5.75 Å². The average Bonchev–Trinajstić information content (AvgIpc) is 3.41. The van der Waals surface area contributed by atoms with Crippen LogP contribution in [0, 0.1) is 0 Å². The zero-order valence-electron chi connectivity index (χ0n) is 17.0. The summed E-state index contributed by atoms with van der Waals surface area (Å²) in [4.78, 5) is 12.6. The molecule has 0 aliphatic heterocycles. The number of fused-ring (bicyclic) bond motifs is 3. The highest BCUT2D eigenvalue weighted by Crippen LogP contribution is 2.38. The van der Waals surface area contributed by atoms with Gasteiger partial charge in [-0.2, -0.15) is 0 Å². The lowest BCUT2D eigenvalue weighted by atomic mass is 9.99. The van der Waals surface area contributed by atoms with Crippen LogP contribution in [0.2, 0.25) is 0 Å². The highest BCUT2D eigenvalue weighted by molar-refractivity contribution is 7.89. The van der Waals surface area contributed by atoms with Gasteiger partial charge >= 0.3 is 6.03 Å². The number of aromatic nitrogens is 1. The van der Waals surface area contributed by atoms with Gasteiger partial charge in [-0.3, -0.25) is 0 Å². The summed E-state index contributed by atoms with van der Waals surface area (Å²) in [5.74, 6) is -0.244. The first-order chi connectivity index (χ1) is 14.4. The highest BCUT2D eigenvalue weighted by atomic mass is 32.2. The molecule has 2 amide bonds. The van der Waals surface area contributed by atoms with E-state index in [1.807, 2.05) is 36.0 Å². The van der Waals surface area contributed by atoms with Crippen LogP contribution in [-0.4, -0.2) is 19.0 Å². The number of hydrogen-bond donors (Lipinski definition) is 2. The molecule has 0 saturated heterocycles. The van der Waals surface area contributed by atoms with Crippen molar-refractivity contribution in [3.63, 3.8) is 0 Å². The standard InChI is InChI=1S/C23H25N3O3S/c1-26-11-10-16-9-8-15(12-21(16)26)14-30(28,29)25-23(27)24-22-19-6-2-4-17(19)13-18-5-3-7-20(18)22/h8-13H,2-7,14H2,1H3,(H2,24,25,27). The zero-order valence-corrected chi connectivity index (χ0v) is 17.8. The average molecular weight is 424 g/mol. The molecule has 2 aliphatic rings. The molecular weight excluding hydrogens is 398 g/mol. The van der Waals surface area contributed by atoms with Gasteiger partial charge in [-0.1, -0.05) is 18.2 Å². The Kier molecular flexibility index (Phi) is 4.58. The summed E-state index contributed by atoms with van der Waals surface area (Å²) in [5, 5.41) is 3.94. The summed E-state index contributed by atoms with van der Waals surface area (Å²) in [6.07, 6.45) is 8.01. The Morgan fingerprint density at radius 3 is 2.40 bits per heavy atom. The predicted molar refractivity (Wildman–Crippen MR) is 118 cm³/mol. The molecule has 0 fully saturated rings. The third-order valence-electron chi connectivity index (χ3n) is 6.27. The molecule has 0 atom stereocenters. The van der Waals surface area contributed by atoms with Crippen molar-refractivity contribution in [3.8, 4) is 0 Å². The lowest BCUT2D eigenvalue weighted by molar-refractivity contribution is 0.256. The van der Waals surface area contributed by atoms with Gasteiger partial charge in [-0.25, -0.2) is 17.9 Å². The summed E-state index contributed by atoms with van der Waals surface area (Å²) in [6, 6.07) is 9.13. The van der Waals surface area contributed by atoms with Crippen LogP contribution in [0.3, 0.4) is 0 Å². The molecule has 3 aromatic rings. The number of anilines is 1. The Bertz CT molecular complexity index is 1240. The molecule has 2 aliphatic carbocycles. The fraction of sp³-hybridized carbons (Fsp3) is 0.348. The zero-order chi connectivity index (χ0) is 20.9. The first-order valence-corrected chi connectivity index (χ1v) is 12.1. The second-order valence-electron chi connectivity index (χ2n) is 8.37. The summed E-state index contributed by atoms with van der Waals surface area (Å²) in [7, 11) is -1.90. The molecule has 5 rings (SSSR count). The molecule has 2 N–H and O–H groups in total. The van der Waals surface area contributed by atoms with E-state index in [0.717, 1.165) is 55.1 Å². The van der Waals surface area contributed by atoms with E-state index in [1.54, 1.807) is 6.07 Å². The molecular formula is C23H25N3O3S. The third kappa shape index (κ3) is 3.47. The van der Waals surface area contributed by atoms with Crippen LogP contribution in [0.5, 0.6) is 0 Å². The van der Waals surface area contributed by atoms with Crippen LogP contribution >= 0.6 is 0 Å². The van der Waals surface area contributed by atoms with Crippen LogP contribution in [0.1, 0.15) is 40.7 Å². The number of hydrogen-bond acceptors (Lipinski definition) is 3. The second-order valence-corrected chi connectivity index (χ2v) is 10.1. The molecule has 0 bridgehead atoms. The smallest absolute Gasteiger partial charge is 0.332 e.